The van der Waals surface area contributed by atoms with Crippen molar-refractivity contribution in [3.63, 3.8) is 0 Å². The van der Waals surface area contributed by atoms with E-state index in [4.69, 9.17) is 0 Å². The number of allylic oxidation sites excluding steroid dienone is 3. The lowest BCUT2D eigenvalue weighted by Gasteiger charge is -2.03. The molecule has 0 aliphatic rings. The summed E-state index contributed by atoms with van der Waals surface area (Å²) in [4.78, 5) is 8.29. The molecule has 4 heteroatoms. The zero-order chi connectivity index (χ0) is 17.0. The van der Waals surface area contributed by atoms with Gasteiger partial charge in [-0.3, -0.25) is 9.98 Å². The molecule has 0 saturated heterocycles. The van der Waals surface area contributed by atoms with Gasteiger partial charge in [0.15, 0.2) is 5.09 Å². The number of hydrogen-bond acceptors (Lipinski definition) is 4. The van der Waals surface area contributed by atoms with Crippen LogP contribution in [-0.4, -0.2) is 24.6 Å². The molecule has 0 aliphatic carbocycles. The zero-order valence-electron chi connectivity index (χ0n) is 13.6. The van der Waals surface area contributed by atoms with Gasteiger partial charge in [-0.25, -0.2) is 0 Å². The van der Waals surface area contributed by atoms with E-state index in [0.29, 0.717) is 5.70 Å². The molecule has 0 atom stereocenters. The third-order valence-corrected chi connectivity index (χ3v) is 2.83. The number of benzene rings is 1. The molecule has 0 aromatic heterocycles. The van der Waals surface area contributed by atoms with Gasteiger partial charge in [-0.1, -0.05) is 56.8 Å². The van der Waals surface area contributed by atoms with Gasteiger partial charge in [-0.2, -0.15) is 0 Å². The summed E-state index contributed by atoms with van der Waals surface area (Å²) in [5.74, 6) is 0. The number of aliphatic hydroxyl groups is 1. The fraction of sp³-hybridized carbons (Fsp3) is 0.222. The molecule has 0 saturated carbocycles. The molecule has 0 heterocycles. The Hall–Kier alpha value is -2.07. The average molecular weight is 316 g/mol. The minimum absolute atomic E-state index is 0.128. The normalized spacial score (nSPS) is 13.3. The molecular formula is C18H24N2OS. The van der Waals surface area contributed by atoms with Gasteiger partial charge in [-0.15, -0.1) is 12.6 Å². The van der Waals surface area contributed by atoms with Crippen molar-refractivity contribution in [2.75, 3.05) is 7.05 Å². The molecule has 0 bridgehead atoms. The molecule has 22 heavy (non-hydrogen) atoms. The van der Waals surface area contributed by atoms with Crippen LogP contribution in [0.15, 0.2) is 69.2 Å². The van der Waals surface area contributed by atoms with Crippen LogP contribution in [0.3, 0.4) is 0 Å². The second kappa shape index (κ2) is 11.6. The highest BCUT2D eigenvalue weighted by Gasteiger charge is 2.04. The summed E-state index contributed by atoms with van der Waals surface area (Å²) < 4.78 is 0. The predicted molar refractivity (Wildman–Crippen MR) is 102 cm³/mol. The molecule has 0 radical (unpaired) electrons. The van der Waals surface area contributed by atoms with Gasteiger partial charge in [0, 0.05) is 30.6 Å². The average Bonchev–Trinajstić information content (AvgIpc) is 2.56. The van der Waals surface area contributed by atoms with Gasteiger partial charge in [0.05, 0.1) is 0 Å². The number of nitrogens with zero attached hydrogens (tertiary/aromatic N) is 2. The molecule has 0 aliphatic heterocycles. The minimum Gasteiger partial charge on any atom is -0.501 e. The Labute approximate surface area is 138 Å². The van der Waals surface area contributed by atoms with Crippen molar-refractivity contribution in [1.82, 2.24) is 0 Å². The Morgan fingerprint density at radius 1 is 1.18 bits per heavy atom. The van der Waals surface area contributed by atoms with Crippen LogP contribution in [0.1, 0.15) is 26.3 Å². The smallest absolute Gasteiger partial charge is 0.173 e. The standard InChI is InChI=1S/C16H18N2OS.C2H6/c1-4-12(2)14(10-17-3)11-18-15(16(19)20)13-8-6-5-7-9-13;1-2/h4-11,19-20H,1H2,2-3H3;1-2H3/b14-12+,16-15-,17-10?,18-11-;. The van der Waals surface area contributed by atoms with E-state index < -0.39 is 0 Å². The highest BCUT2D eigenvalue weighted by atomic mass is 32.1. The second-order valence-electron chi connectivity index (χ2n) is 4.03. The Balaban J connectivity index is 0.00000211. The van der Waals surface area contributed by atoms with Crippen LogP contribution in [-0.2, 0) is 0 Å². The quantitative estimate of drug-likeness (QED) is 0.337. The van der Waals surface area contributed by atoms with Gasteiger partial charge in [0.1, 0.15) is 5.70 Å². The van der Waals surface area contributed by atoms with Crippen molar-refractivity contribution in [2.24, 2.45) is 9.98 Å². The minimum atomic E-state index is -0.128. The van der Waals surface area contributed by atoms with Crippen LogP contribution in [0.25, 0.3) is 5.70 Å². The lowest BCUT2D eigenvalue weighted by atomic mass is 10.1. The van der Waals surface area contributed by atoms with Crippen molar-refractivity contribution < 1.29 is 5.11 Å². The maximum Gasteiger partial charge on any atom is 0.173 e. The van der Waals surface area contributed by atoms with Crippen molar-refractivity contribution in [1.29, 1.82) is 0 Å². The highest BCUT2D eigenvalue weighted by molar-refractivity contribution is 7.84. The lowest BCUT2D eigenvalue weighted by Crippen LogP contribution is -1.93. The lowest BCUT2D eigenvalue weighted by molar-refractivity contribution is 0.459. The number of aliphatic hydroxyl groups excluding tert-OH is 1. The number of thiol groups is 1. The van der Waals surface area contributed by atoms with Gasteiger partial charge >= 0.3 is 0 Å². The number of aliphatic imine (C=N–C) groups is 2. The first-order valence-corrected chi connectivity index (χ1v) is 7.52. The van der Waals surface area contributed by atoms with Crippen LogP contribution in [0.2, 0.25) is 0 Å². The van der Waals surface area contributed by atoms with E-state index in [1.807, 2.05) is 51.1 Å². The molecule has 1 aromatic rings. The van der Waals surface area contributed by atoms with Crippen molar-refractivity contribution in [3.8, 4) is 0 Å². The second-order valence-corrected chi connectivity index (χ2v) is 4.45. The van der Waals surface area contributed by atoms with Gasteiger partial charge in [0.2, 0.25) is 0 Å². The summed E-state index contributed by atoms with van der Waals surface area (Å²) >= 11 is 3.99. The SMILES string of the molecule is C=C/C(C)=C(C=NC)/C=N\C(=C(\O)S)c1ccccc1.CC. The Morgan fingerprint density at radius 3 is 2.23 bits per heavy atom. The Bertz CT molecular complexity index is 580. The van der Waals surface area contributed by atoms with E-state index in [-0.39, 0.29) is 5.09 Å². The van der Waals surface area contributed by atoms with E-state index in [0.717, 1.165) is 16.7 Å². The van der Waals surface area contributed by atoms with Crippen molar-refractivity contribution >= 4 is 30.8 Å². The van der Waals surface area contributed by atoms with Crippen LogP contribution in [0, 0.1) is 0 Å². The van der Waals surface area contributed by atoms with E-state index in [1.54, 1.807) is 25.6 Å². The molecular weight excluding hydrogens is 292 g/mol. The number of hydrogen-bond donors (Lipinski definition) is 2. The van der Waals surface area contributed by atoms with Crippen LogP contribution in [0.4, 0.5) is 0 Å². The van der Waals surface area contributed by atoms with E-state index in [9.17, 15) is 5.11 Å². The summed E-state index contributed by atoms with van der Waals surface area (Å²) in [5.41, 5.74) is 2.98. The Morgan fingerprint density at radius 2 is 1.77 bits per heavy atom. The molecule has 0 spiro atoms. The molecule has 0 unspecified atom stereocenters. The number of rotatable bonds is 5. The fourth-order valence-corrected chi connectivity index (χ4v) is 1.67. The molecule has 1 N–H and O–H groups in total. The first-order chi connectivity index (χ1) is 10.6. The van der Waals surface area contributed by atoms with Crippen LogP contribution >= 0.6 is 12.6 Å². The van der Waals surface area contributed by atoms with Crippen LogP contribution < -0.4 is 0 Å². The summed E-state index contributed by atoms with van der Waals surface area (Å²) in [7, 11) is 1.69. The van der Waals surface area contributed by atoms with Crippen LogP contribution in [0.5, 0.6) is 0 Å². The zero-order valence-corrected chi connectivity index (χ0v) is 14.5. The molecule has 118 valence electrons. The molecule has 3 nitrogen and oxygen atoms in total. The first kappa shape index (κ1) is 19.9. The summed E-state index contributed by atoms with van der Waals surface area (Å²) in [6.07, 6.45) is 5.06. The van der Waals surface area contributed by atoms with Gasteiger partial charge in [-0.05, 0) is 12.5 Å². The highest BCUT2D eigenvalue weighted by Crippen LogP contribution is 2.20. The third kappa shape index (κ3) is 6.59. The summed E-state index contributed by atoms with van der Waals surface area (Å²) in [6.45, 7) is 9.65. The van der Waals surface area contributed by atoms with Gasteiger partial charge in [0.25, 0.3) is 0 Å². The molecule has 1 rings (SSSR count). The largest absolute Gasteiger partial charge is 0.501 e. The topological polar surface area (TPSA) is 45.0 Å². The maximum absolute atomic E-state index is 9.66. The summed E-state index contributed by atoms with van der Waals surface area (Å²) in [6, 6.07) is 9.37. The predicted octanol–water partition coefficient (Wildman–Crippen LogP) is 5.10. The van der Waals surface area contributed by atoms with Crippen molar-refractivity contribution in [3.05, 3.63) is 64.8 Å². The molecule has 0 fully saturated rings. The molecule has 0 amide bonds. The van der Waals surface area contributed by atoms with Crippen molar-refractivity contribution in [2.45, 2.75) is 20.8 Å². The molecule has 1 aromatic carbocycles. The summed E-state index contributed by atoms with van der Waals surface area (Å²) in [5, 5.41) is 9.54. The first-order valence-electron chi connectivity index (χ1n) is 7.07. The van der Waals surface area contributed by atoms with E-state index in [1.165, 1.54) is 0 Å². The monoisotopic (exact) mass is 316 g/mol. The Kier molecular flexibility index (Phi) is 10.5. The maximum atomic E-state index is 9.66. The van der Waals surface area contributed by atoms with E-state index in [2.05, 4.69) is 29.2 Å². The fourth-order valence-electron chi connectivity index (χ4n) is 1.49. The van der Waals surface area contributed by atoms with Gasteiger partial charge < -0.3 is 5.11 Å². The third-order valence-electron chi connectivity index (χ3n) is 2.62. The van der Waals surface area contributed by atoms with E-state index >= 15 is 0 Å².